The molecule has 0 N–H and O–H groups in total. The minimum absolute atomic E-state index is 0.0617. The van der Waals surface area contributed by atoms with Crippen LogP contribution in [0.4, 0.5) is 0 Å². The van der Waals surface area contributed by atoms with Gasteiger partial charge in [0.25, 0.3) is 15.6 Å². The van der Waals surface area contributed by atoms with Gasteiger partial charge in [0.15, 0.2) is 4.90 Å². The third-order valence-corrected chi connectivity index (χ3v) is 5.93. The van der Waals surface area contributed by atoms with Crippen LogP contribution >= 0.6 is 11.3 Å². The second kappa shape index (κ2) is 6.65. The van der Waals surface area contributed by atoms with Crippen LogP contribution in [0, 0.1) is 0 Å². The lowest BCUT2D eigenvalue weighted by molar-refractivity contribution is 0.438. The monoisotopic (exact) mass is 355 g/mol. The summed E-state index contributed by atoms with van der Waals surface area (Å²) in [4.78, 5) is 24.4. The molecule has 0 aliphatic rings. The molecule has 0 fully saturated rings. The summed E-state index contributed by atoms with van der Waals surface area (Å²) in [6.07, 6.45) is 2.52. The molecule has 0 aromatic carbocycles. The SMILES string of the molecule is C=CCN(Cc1cccs1)S(=O)(=O)c1cn(C)c(=O)n(C)c1=O. The maximum absolute atomic E-state index is 12.8. The lowest BCUT2D eigenvalue weighted by Gasteiger charge is -2.20. The van der Waals surface area contributed by atoms with Crippen LogP contribution in [0.15, 0.2) is 50.8 Å². The van der Waals surface area contributed by atoms with Gasteiger partial charge >= 0.3 is 5.69 Å². The second-order valence-electron chi connectivity index (χ2n) is 4.92. The predicted molar refractivity (Wildman–Crippen MR) is 89.0 cm³/mol. The molecule has 7 nitrogen and oxygen atoms in total. The molecule has 23 heavy (non-hydrogen) atoms. The molecule has 9 heteroatoms. The normalized spacial score (nSPS) is 11.8. The fourth-order valence-corrected chi connectivity index (χ4v) is 4.40. The standard InChI is InChI=1S/C14H17N3O4S2/c1-4-7-17(9-11-6-5-8-22-11)23(20,21)12-10-15(2)14(19)16(3)13(12)18/h4-6,8,10H,1,7,9H2,2-3H3. The quantitative estimate of drug-likeness (QED) is 0.708. The Kier molecular flexibility index (Phi) is 5.03. The molecule has 0 bridgehead atoms. The van der Waals surface area contributed by atoms with Crippen molar-refractivity contribution < 1.29 is 8.42 Å². The summed E-state index contributed by atoms with van der Waals surface area (Å²) < 4.78 is 28.7. The van der Waals surface area contributed by atoms with Gasteiger partial charge in [-0.3, -0.25) is 9.36 Å². The van der Waals surface area contributed by atoms with Crippen LogP contribution < -0.4 is 11.2 Å². The Bertz CT molecular complexity index is 924. The van der Waals surface area contributed by atoms with Gasteiger partial charge in [0.1, 0.15) is 0 Å². The van der Waals surface area contributed by atoms with Gasteiger partial charge in [-0.25, -0.2) is 13.2 Å². The first-order valence-corrected chi connectivity index (χ1v) is 9.01. The lowest BCUT2D eigenvalue weighted by atomic mass is 10.4. The zero-order chi connectivity index (χ0) is 17.2. The molecule has 0 saturated carbocycles. The van der Waals surface area contributed by atoms with Crippen LogP contribution in [-0.4, -0.2) is 28.4 Å². The highest BCUT2D eigenvalue weighted by atomic mass is 32.2. The number of aryl methyl sites for hydroxylation is 1. The summed E-state index contributed by atoms with van der Waals surface area (Å²) in [6, 6.07) is 3.64. The van der Waals surface area contributed by atoms with E-state index in [4.69, 9.17) is 0 Å². The maximum Gasteiger partial charge on any atom is 0.330 e. The zero-order valence-corrected chi connectivity index (χ0v) is 14.4. The van der Waals surface area contributed by atoms with Crippen molar-refractivity contribution in [2.24, 2.45) is 14.1 Å². The molecule has 2 heterocycles. The average Bonchev–Trinajstić information content (AvgIpc) is 3.01. The van der Waals surface area contributed by atoms with Crippen LogP contribution in [0.1, 0.15) is 4.88 Å². The Hall–Kier alpha value is -1.97. The fraction of sp³-hybridized carbons (Fsp3) is 0.286. The van der Waals surface area contributed by atoms with E-state index in [2.05, 4.69) is 6.58 Å². The number of hydrogen-bond donors (Lipinski definition) is 0. The fourth-order valence-electron chi connectivity index (χ4n) is 2.06. The van der Waals surface area contributed by atoms with Gasteiger partial charge in [0.2, 0.25) is 0 Å². The Morgan fingerprint density at radius 1 is 1.35 bits per heavy atom. The number of hydrogen-bond acceptors (Lipinski definition) is 5. The van der Waals surface area contributed by atoms with Crippen LogP contribution in [-0.2, 0) is 30.7 Å². The number of sulfonamides is 1. The van der Waals surface area contributed by atoms with Crippen LogP contribution in [0.3, 0.4) is 0 Å². The Labute approximate surface area is 137 Å². The van der Waals surface area contributed by atoms with Crippen LogP contribution in [0.2, 0.25) is 0 Å². The van der Waals surface area contributed by atoms with Crippen molar-refractivity contribution in [3.8, 4) is 0 Å². The summed E-state index contributed by atoms with van der Waals surface area (Å²) >= 11 is 1.42. The van der Waals surface area contributed by atoms with Crippen molar-refractivity contribution in [2.45, 2.75) is 11.4 Å². The molecule has 0 saturated heterocycles. The summed E-state index contributed by atoms with van der Waals surface area (Å²) in [5, 5.41) is 1.85. The average molecular weight is 355 g/mol. The molecule has 2 aromatic rings. The smallest absolute Gasteiger partial charge is 0.302 e. The molecule has 0 unspecified atom stereocenters. The largest absolute Gasteiger partial charge is 0.330 e. The molecular weight excluding hydrogens is 338 g/mol. The minimum Gasteiger partial charge on any atom is -0.302 e. The van der Waals surface area contributed by atoms with Gasteiger partial charge in [-0.05, 0) is 11.4 Å². The van der Waals surface area contributed by atoms with E-state index in [-0.39, 0.29) is 13.1 Å². The first kappa shape index (κ1) is 17.4. The van der Waals surface area contributed by atoms with E-state index < -0.39 is 26.2 Å². The van der Waals surface area contributed by atoms with Crippen molar-refractivity contribution in [1.29, 1.82) is 0 Å². The third-order valence-electron chi connectivity index (χ3n) is 3.28. The summed E-state index contributed by atoms with van der Waals surface area (Å²) in [5.41, 5.74) is -1.42. The molecule has 124 valence electrons. The van der Waals surface area contributed by atoms with E-state index in [1.54, 1.807) is 0 Å². The Morgan fingerprint density at radius 3 is 2.61 bits per heavy atom. The summed E-state index contributed by atoms with van der Waals surface area (Å²) in [5.74, 6) is 0. The van der Waals surface area contributed by atoms with E-state index in [1.165, 1.54) is 31.5 Å². The highest BCUT2D eigenvalue weighted by molar-refractivity contribution is 7.89. The van der Waals surface area contributed by atoms with E-state index >= 15 is 0 Å². The Balaban J connectivity index is 2.56. The number of thiophene rings is 1. The zero-order valence-electron chi connectivity index (χ0n) is 12.8. The van der Waals surface area contributed by atoms with E-state index in [0.717, 1.165) is 24.5 Å². The molecule has 0 amide bonds. The minimum atomic E-state index is -4.06. The second-order valence-corrected chi connectivity index (χ2v) is 7.86. The van der Waals surface area contributed by atoms with E-state index in [1.807, 2.05) is 17.5 Å². The molecule has 0 spiro atoms. The van der Waals surface area contributed by atoms with Gasteiger partial charge in [-0.1, -0.05) is 12.1 Å². The van der Waals surface area contributed by atoms with Gasteiger partial charge < -0.3 is 4.57 Å². The van der Waals surface area contributed by atoms with Crippen molar-refractivity contribution in [1.82, 2.24) is 13.4 Å². The number of aromatic nitrogens is 2. The molecule has 2 rings (SSSR count). The van der Waals surface area contributed by atoms with Crippen molar-refractivity contribution >= 4 is 21.4 Å². The number of rotatable bonds is 6. The van der Waals surface area contributed by atoms with Crippen molar-refractivity contribution in [2.75, 3.05) is 6.54 Å². The highest BCUT2D eigenvalue weighted by Gasteiger charge is 2.28. The first-order chi connectivity index (χ1) is 10.8. The van der Waals surface area contributed by atoms with Gasteiger partial charge in [-0.15, -0.1) is 17.9 Å². The van der Waals surface area contributed by atoms with Crippen LogP contribution in [0.5, 0.6) is 0 Å². The van der Waals surface area contributed by atoms with Gasteiger partial charge in [0.05, 0.1) is 0 Å². The number of nitrogens with zero attached hydrogens (tertiary/aromatic N) is 3. The van der Waals surface area contributed by atoms with Crippen molar-refractivity contribution in [3.05, 3.63) is 62.1 Å². The third kappa shape index (κ3) is 3.36. The van der Waals surface area contributed by atoms with Crippen LogP contribution in [0.25, 0.3) is 0 Å². The molecule has 2 aromatic heterocycles. The first-order valence-electron chi connectivity index (χ1n) is 6.69. The lowest BCUT2D eigenvalue weighted by Crippen LogP contribution is -2.42. The topological polar surface area (TPSA) is 81.4 Å². The molecular formula is C14H17N3O4S2. The molecule has 0 aliphatic heterocycles. The van der Waals surface area contributed by atoms with E-state index in [0.29, 0.717) is 0 Å². The summed E-state index contributed by atoms with van der Waals surface area (Å²) in [6.45, 7) is 3.77. The summed E-state index contributed by atoms with van der Waals surface area (Å²) in [7, 11) is -1.40. The molecule has 0 aliphatic carbocycles. The van der Waals surface area contributed by atoms with Gasteiger partial charge in [-0.2, -0.15) is 4.31 Å². The molecule has 0 radical (unpaired) electrons. The highest BCUT2D eigenvalue weighted by Crippen LogP contribution is 2.18. The van der Waals surface area contributed by atoms with Crippen molar-refractivity contribution in [3.63, 3.8) is 0 Å². The predicted octanol–water partition coefficient (Wildman–Crippen LogP) is 0.522. The molecule has 0 atom stereocenters. The Morgan fingerprint density at radius 2 is 2.04 bits per heavy atom. The maximum atomic E-state index is 12.8. The van der Waals surface area contributed by atoms with E-state index in [9.17, 15) is 18.0 Å². The van der Waals surface area contributed by atoms with Gasteiger partial charge in [0, 0.05) is 38.3 Å².